The summed E-state index contributed by atoms with van der Waals surface area (Å²) in [5, 5.41) is 11.7. The first kappa shape index (κ1) is 19.4. The molecule has 1 N–H and O–H groups in total. The van der Waals surface area contributed by atoms with Crippen molar-refractivity contribution in [1.29, 1.82) is 5.26 Å². The second-order valence-electron chi connectivity index (χ2n) is 6.92. The van der Waals surface area contributed by atoms with Crippen LogP contribution in [0.2, 0.25) is 0 Å². The van der Waals surface area contributed by atoms with Crippen molar-refractivity contribution in [2.45, 2.75) is 5.92 Å². The Bertz CT molecular complexity index is 1120. The van der Waals surface area contributed by atoms with Crippen molar-refractivity contribution in [2.24, 2.45) is 0 Å². The van der Waals surface area contributed by atoms with Crippen LogP contribution in [0, 0.1) is 17.1 Å². The molecule has 0 saturated carbocycles. The molecule has 0 aromatic heterocycles. The Kier molecular flexibility index (Phi) is 5.58. The average Bonchev–Trinajstić information content (AvgIpc) is 3.09. The second kappa shape index (κ2) is 8.62. The van der Waals surface area contributed by atoms with Crippen LogP contribution in [0.4, 0.5) is 9.18 Å². The normalized spacial score (nSPS) is 12.3. The Morgan fingerprint density at radius 2 is 1.70 bits per heavy atom. The number of nitrogens with zero attached hydrogens (tertiary/aromatic N) is 1. The third kappa shape index (κ3) is 3.81. The van der Waals surface area contributed by atoms with Crippen molar-refractivity contribution < 1.29 is 13.9 Å². The Balaban J connectivity index is 1.35. The molecule has 0 bridgehead atoms. The molecule has 0 unspecified atom stereocenters. The fraction of sp³-hybridized carbons (Fsp3) is 0.120. The highest BCUT2D eigenvalue weighted by molar-refractivity contribution is 5.79. The Morgan fingerprint density at radius 1 is 1.03 bits per heavy atom. The van der Waals surface area contributed by atoms with Crippen LogP contribution in [0.1, 0.15) is 28.2 Å². The van der Waals surface area contributed by atoms with Crippen molar-refractivity contribution in [3.63, 3.8) is 0 Å². The highest BCUT2D eigenvalue weighted by Gasteiger charge is 2.28. The molecule has 0 heterocycles. The van der Waals surface area contributed by atoms with Gasteiger partial charge < -0.3 is 10.1 Å². The minimum absolute atomic E-state index is 0.00386. The van der Waals surface area contributed by atoms with Gasteiger partial charge in [-0.2, -0.15) is 5.26 Å². The maximum atomic E-state index is 13.6. The van der Waals surface area contributed by atoms with Crippen LogP contribution in [0.15, 0.2) is 72.8 Å². The number of fused-ring (bicyclic) bond motifs is 3. The summed E-state index contributed by atoms with van der Waals surface area (Å²) in [6.07, 6.45) is 2.73. The predicted octanol–water partition coefficient (Wildman–Crippen LogP) is 5.25. The zero-order valence-corrected chi connectivity index (χ0v) is 16.1. The minimum Gasteiger partial charge on any atom is -0.449 e. The number of nitriles is 1. The van der Waals surface area contributed by atoms with Gasteiger partial charge in [-0.3, -0.25) is 0 Å². The Hall–Kier alpha value is -3.91. The fourth-order valence-corrected chi connectivity index (χ4v) is 3.78. The largest absolute Gasteiger partial charge is 0.449 e. The maximum Gasteiger partial charge on any atom is 0.407 e. The van der Waals surface area contributed by atoms with E-state index in [1.54, 1.807) is 18.2 Å². The van der Waals surface area contributed by atoms with Gasteiger partial charge in [-0.1, -0.05) is 72.8 Å². The Morgan fingerprint density at radius 3 is 2.37 bits per heavy atom. The minimum atomic E-state index is -0.566. The van der Waals surface area contributed by atoms with E-state index in [0.717, 1.165) is 11.1 Å². The highest BCUT2D eigenvalue weighted by atomic mass is 19.1. The molecule has 1 aliphatic carbocycles. The molecule has 0 aliphatic heterocycles. The van der Waals surface area contributed by atoms with Gasteiger partial charge in [-0.25, -0.2) is 9.18 Å². The quantitative estimate of drug-likeness (QED) is 0.639. The lowest BCUT2D eigenvalue weighted by Crippen LogP contribution is -2.26. The molecule has 148 valence electrons. The first-order chi connectivity index (χ1) is 14.7. The molecule has 3 aromatic rings. The molecule has 0 atom stereocenters. The molecular weight excluding hydrogens is 379 g/mol. The van der Waals surface area contributed by atoms with Gasteiger partial charge in [0.2, 0.25) is 0 Å². The summed E-state index contributed by atoms with van der Waals surface area (Å²) >= 11 is 0. The summed E-state index contributed by atoms with van der Waals surface area (Å²) in [7, 11) is 0. The third-order valence-electron chi connectivity index (χ3n) is 5.16. The first-order valence-corrected chi connectivity index (χ1v) is 9.63. The number of hydrogen-bond acceptors (Lipinski definition) is 3. The number of carbonyl (C=O) groups is 1. The number of halogens is 1. The van der Waals surface area contributed by atoms with Crippen LogP contribution in [0.3, 0.4) is 0 Å². The van der Waals surface area contributed by atoms with Crippen molar-refractivity contribution in [3.8, 4) is 17.2 Å². The van der Waals surface area contributed by atoms with Crippen LogP contribution >= 0.6 is 0 Å². The summed E-state index contributed by atoms with van der Waals surface area (Å²) in [4.78, 5) is 12.1. The molecule has 30 heavy (non-hydrogen) atoms. The SMILES string of the molecule is N#Cc1c(F)cccc1C=CCNC(=O)OCC1c2ccccc2-c2ccccc21. The number of ether oxygens (including phenoxy) is 1. The molecule has 3 aromatic carbocycles. The van der Waals surface area contributed by atoms with Gasteiger partial charge in [0.05, 0.1) is 5.56 Å². The van der Waals surface area contributed by atoms with Gasteiger partial charge in [-0.15, -0.1) is 0 Å². The number of nitrogens with one attached hydrogen (secondary N) is 1. The van der Waals surface area contributed by atoms with E-state index in [9.17, 15) is 9.18 Å². The molecule has 4 nitrogen and oxygen atoms in total. The van der Waals surface area contributed by atoms with Gasteiger partial charge >= 0.3 is 6.09 Å². The smallest absolute Gasteiger partial charge is 0.407 e. The number of benzene rings is 3. The van der Waals surface area contributed by atoms with Crippen molar-refractivity contribution in [2.75, 3.05) is 13.2 Å². The van der Waals surface area contributed by atoms with Crippen LogP contribution in [-0.2, 0) is 4.74 Å². The molecule has 0 radical (unpaired) electrons. The number of hydrogen-bond donors (Lipinski definition) is 1. The van der Waals surface area contributed by atoms with Crippen LogP contribution in [0.5, 0.6) is 0 Å². The summed E-state index contributed by atoms with van der Waals surface area (Å²) in [5.41, 5.74) is 5.10. The lowest BCUT2D eigenvalue weighted by atomic mass is 9.98. The van der Waals surface area contributed by atoms with E-state index in [2.05, 4.69) is 29.6 Å². The van der Waals surface area contributed by atoms with Crippen LogP contribution in [-0.4, -0.2) is 19.2 Å². The van der Waals surface area contributed by atoms with E-state index in [0.29, 0.717) is 5.56 Å². The van der Waals surface area contributed by atoms with E-state index in [4.69, 9.17) is 10.00 Å². The number of amides is 1. The van der Waals surface area contributed by atoms with Crippen molar-refractivity contribution in [1.82, 2.24) is 5.32 Å². The molecule has 4 rings (SSSR count). The van der Waals surface area contributed by atoms with Crippen LogP contribution in [0.25, 0.3) is 17.2 Å². The number of carbonyl (C=O) groups excluding carboxylic acids is 1. The van der Waals surface area contributed by atoms with E-state index >= 15 is 0 Å². The van der Waals surface area contributed by atoms with E-state index in [-0.39, 0.29) is 24.6 Å². The van der Waals surface area contributed by atoms with Gasteiger partial charge in [0.1, 0.15) is 18.5 Å². The number of alkyl carbamates (subject to hydrolysis) is 1. The van der Waals surface area contributed by atoms with Gasteiger partial charge in [0, 0.05) is 12.5 Å². The van der Waals surface area contributed by atoms with Crippen molar-refractivity contribution in [3.05, 3.63) is 101 Å². The molecule has 5 heteroatoms. The molecule has 0 fully saturated rings. The highest BCUT2D eigenvalue weighted by Crippen LogP contribution is 2.44. The third-order valence-corrected chi connectivity index (χ3v) is 5.16. The molecular formula is C25H19FN2O2. The summed E-state index contributed by atoms with van der Waals surface area (Å²) in [5.74, 6) is -0.562. The Labute approximate surface area is 174 Å². The molecule has 0 saturated heterocycles. The van der Waals surface area contributed by atoms with Gasteiger partial charge in [0.25, 0.3) is 0 Å². The fourth-order valence-electron chi connectivity index (χ4n) is 3.78. The van der Waals surface area contributed by atoms with E-state index in [1.165, 1.54) is 23.3 Å². The maximum absolute atomic E-state index is 13.6. The van der Waals surface area contributed by atoms with Gasteiger partial charge in [-0.05, 0) is 33.9 Å². The summed E-state index contributed by atoms with van der Waals surface area (Å²) < 4.78 is 19.1. The van der Waals surface area contributed by atoms with Crippen molar-refractivity contribution >= 4 is 12.2 Å². The predicted molar refractivity (Wildman–Crippen MR) is 113 cm³/mol. The monoisotopic (exact) mass is 398 g/mol. The van der Waals surface area contributed by atoms with E-state index < -0.39 is 11.9 Å². The molecule has 0 spiro atoms. The standard InChI is InChI=1S/C25H19FN2O2/c26-24-13-5-7-17(22(24)15-27)8-6-14-28-25(29)30-16-23-20-11-3-1-9-18(20)19-10-2-4-12-21(19)23/h1-13,23H,14,16H2,(H,28,29). The topological polar surface area (TPSA) is 62.1 Å². The summed E-state index contributed by atoms with van der Waals surface area (Å²) in [6, 6.07) is 22.6. The molecule has 1 aliphatic rings. The zero-order valence-electron chi connectivity index (χ0n) is 16.1. The van der Waals surface area contributed by atoms with Crippen LogP contribution < -0.4 is 5.32 Å². The lowest BCUT2D eigenvalue weighted by molar-refractivity contribution is 0.144. The van der Waals surface area contributed by atoms with E-state index in [1.807, 2.05) is 30.3 Å². The average molecular weight is 398 g/mol. The zero-order chi connectivity index (χ0) is 20.9. The van der Waals surface area contributed by atoms with Gasteiger partial charge in [0.15, 0.2) is 0 Å². The lowest BCUT2D eigenvalue weighted by Gasteiger charge is -2.14. The first-order valence-electron chi connectivity index (χ1n) is 9.63. The number of rotatable bonds is 5. The second-order valence-corrected chi connectivity index (χ2v) is 6.92. The molecule has 1 amide bonds. The summed E-state index contributed by atoms with van der Waals surface area (Å²) in [6.45, 7) is 0.449.